The second-order valence-corrected chi connectivity index (χ2v) is 5.04. The third-order valence-corrected chi connectivity index (χ3v) is 3.51. The number of ether oxygens (including phenoxy) is 1. The van der Waals surface area contributed by atoms with E-state index in [-0.39, 0.29) is 6.10 Å². The van der Waals surface area contributed by atoms with Gasteiger partial charge in [-0.3, -0.25) is 0 Å². The molecular weight excluding hydrogens is 264 g/mol. The monoisotopic (exact) mass is 290 g/mol. The van der Waals surface area contributed by atoms with Crippen molar-refractivity contribution in [2.75, 3.05) is 6.61 Å². The van der Waals surface area contributed by atoms with Crippen LogP contribution in [-0.4, -0.2) is 23.8 Å². The molecule has 0 aromatic heterocycles. The molecule has 0 fully saturated rings. The minimum absolute atomic E-state index is 0.0473. The van der Waals surface area contributed by atoms with Crippen molar-refractivity contribution in [3.8, 4) is 11.8 Å². The Bertz CT molecular complexity index is 449. The minimum atomic E-state index is -0.817. The van der Waals surface area contributed by atoms with Gasteiger partial charge in [0.05, 0.1) is 6.61 Å². The summed E-state index contributed by atoms with van der Waals surface area (Å²) >= 11 is 0. The molecule has 1 atom stereocenters. The number of hydrogen-bond donors (Lipinski definition) is 1. The van der Waals surface area contributed by atoms with E-state index < -0.39 is 5.97 Å². The second kappa shape index (κ2) is 10.2. The summed E-state index contributed by atoms with van der Waals surface area (Å²) in [5.74, 6) is 5.52. The summed E-state index contributed by atoms with van der Waals surface area (Å²) < 4.78 is 5.84. The highest BCUT2D eigenvalue weighted by Gasteiger charge is 2.13. The average Bonchev–Trinajstić information content (AvgIpc) is 2.48. The Hall–Kier alpha value is -1.53. The molecular formula is C18H26O3. The van der Waals surface area contributed by atoms with Gasteiger partial charge in [0.25, 0.3) is 0 Å². The van der Waals surface area contributed by atoms with E-state index in [4.69, 9.17) is 9.84 Å². The fourth-order valence-electron chi connectivity index (χ4n) is 2.29. The van der Waals surface area contributed by atoms with Gasteiger partial charge in [-0.15, -0.1) is 5.92 Å². The summed E-state index contributed by atoms with van der Waals surface area (Å²) in [6.07, 6.45) is 10.6. The lowest BCUT2D eigenvalue weighted by atomic mass is 9.99. The van der Waals surface area contributed by atoms with Gasteiger partial charge < -0.3 is 9.84 Å². The molecule has 3 heteroatoms. The Morgan fingerprint density at radius 2 is 2.10 bits per heavy atom. The Morgan fingerprint density at radius 3 is 2.76 bits per heavy atom. The maximum atomic E-state index is 10.8. The number of carbonyl (C=O) groups is 1. The first-order valence-corrected chi connectivity index (χ1v) is 7.97. The first kappa shape index (κ1) is 17.5. The van der Waals surface area contributed by atoms with Gasteiger partial charge in [-0.05, 0) is 37.7 Å². The zero-order valence-corrected chi connectivity index (χ0v) is 13.2. The summed E-state index contributed by atoms with van der Waals surface area (Å²) in [6, 6.07) is 0. The van der Waals surface area contributed by atoms with Gasteiger partial charge in [-0.25, -0.2) is 4.79 Å². The molecule has 116 valence electrons. The normalized spacial score (nSPS) is 21.3. The molecule has 0 aliphatic heterocycles. The van der Waals surface area contributed by atoms with Crippen LogP contribution in [0.25, 0.3) is 0 Å². The summed E-state index contributed by atoms with van der Waals surface area (Å²) in [5.41, 5.74) is 1.64. The lowest BCUT2D eigenvalue weighted by Gasteiger charge is -2.17. The molecule has 2 aliphatic rings. The highest BCUT2D eigenvalue weighted by atomic mass is 16.5. The van der Waals surface area contributed by atoms with E-state index in [1.165, 1.54) is 19.3 Å². The topological polar surface area (TPSA) is 46.5 Å². The van der Waals surface area contributed by atoms with Crippen LogP contribution in [0.5, 0.6) is 0 Å². The van der Waals surface area contributed by atoms with Crippen molar-refractivity contribution < 1.29 is 14.6 Å². The fraction of sp³-hybridized carbons (Fsp3) is 0.611. The summed E-state index contributed by atoms with van der Waals surface area (Å²) in [7, 11) is 0. The van der Waals surface area contributed by atoms with Crippen LogP contribution in [0.4, 0.5) is 0 Å². The third-order valence-electron chi connectivity index (χ3n) is 3.51. The van der Waals surface area contributed by atoms with E-state index in [0.29, 0.717) is 18.6 Å². The molecule has 1 N–H and O–H groups in total. The predicted octanol–water partition coefficient (Wildman–Crippen LogP) is 4.10. The standard InChI is InChI=1S/C16H20O3.C2H6/c17-16(18)14-10-8-13(9-11-14)12-19-15-6-4-2-1-3-5-7-15;1-2/h8,10,15H,1-4,6,9,11-12H2,(H,17,18);1-2H3. The molecule has 3 nitrogen and oxygen atoms in total. The van der Waals surface area contributed by atoms with Crippen LogP contribution in [0.15, 0.2) is 23.3 Å². The SMILES string of the molecule is CC.O=C(O)C1=CC=C(COC2C#CCCCCC2)CC1. The number of hydrogen-bond acceptors (Lipinski definition) is 2. The van der Waals surface area contributed by atoms with Gasteiger partial charge in [0.15, 0.2) is 0 Å². The van der Waals surface area contributed by atoms with E-state index in [2.05, 4.69) is 11.8 Å². The summed E-state index contributed by atoms with van der Waals surface area (Å²) in [5, 5.41) is 8.87. The molecule has 2 aliphatic carbocycles. The molecule has 0 radical (unpaired) electrons. The highest BCUT2D eigenvalue weighted by Crippen LogP contribution is 2.20. The molecule has 0 saturated heterocycles. The molecule has 0 aromatic carbocycles. The average molecular weight is 290 g/mol. The van der Waals surface area contributed by atoms with E-state index in [9.17, 15) is 4.79 Å². The highest BCUT2D eigenvalue weighted by molar-refractivity contribution is 5.87. The van der Waals surface area contributed by atoms with Gasteiger partial charge in [0, 0.05) is 12.0 Å². The van der Waals surface area contributed by atoms with Gasteiger partial charge in [-0.1, -0.05) is 38.3 Å². The number of carboxylic acids is 1. The first-order valence-electron chi connectivity index (χ1n) is 7.97. The van der Waals surface area contributed by atoms with Gasteiger partial charge >= 0.3 is 5.97 Å². The number of rotatable bonds is 4. The Kier molecular flexibility index (Phi) is 8.54. The molecule has 0 heterocycles. The molecule has 0 aromatic rings. The van der Waals surface area contributed by atoms with Crippen molar-refractivity contribution in [1.29, 1.82) is 0 Å². The maximum absolute atomic E-state index is 10.8. The van der Waals surface area contributed by atoms with Crippen LogP contribution in [-0.2, 0) is 9.53 Å². The molecule has 0 amide bonds. The lowest BCUT2D eigenvalue weighted by Crippen LogP contribution is -2.15. The first-order chi connectivity index (χ1) is 10.3. The van der Waals surface area contributed by atoms with Crippen molar-refractivity contribution in [3.63, 3.8) is 0 Å². The van der Waals surface area contributed by atoms with Crippen molar-refractivity contribution in [3.05, 3.63) is 23.3 Å². The number of allylic oxidation sites excluding steroid dienone is 2. The quantitative estimate of drug-likeness (QED) is 0.793. The zero-order chi connectivity index (χ0) is 15.5. The molecule has 0 bridgehead atoms. The van der Waals surface area contributed by atoms with E-state index >= 15 is 0 Å². The Balaban J connectivity index is 0.00000106. The summed E-state index contributed by atoms with van der Waals surface area (Å²) in [4.78, 5) is 10.8. The van der Waals surface area contributed by atoms with Crippen LogP contribution in [0.1, 0.15) is 58.8 Å². The molecule has 0 saturated carbocycles. The van der Waals surface area contributed by atoms with Crippen LogP contribution >= 0.6 is 0 Å². The largest absolute Gasteiger partial charge is 0.478 e. The van der Waals surface area contributed by atoms with Gasteiger partial charge in [-0.2, -0.15) is 0 Å². The maximum Gasteiger partial charge on any atom is 0.331 e. The lowest BCUT2D eigenvalue weighted by molar-refractivity contribution is -0.132. The van der Waals surface area contributed by atoms with Crippen molar-refractivity contribution >= 4 is 5.97 Å². The predicted molar refractivity (Wildman–Crippen MR) is 85.0 cm³/mol. The smallest absolute Gasteiger partial charge is 0.331 e. The van der Waals surface area contributed by atoms with Crippen molar-refractivity contribution in [2.45, 2.75) is 64.9 Å². The molecule has 0 spiro atoms. The van der Waals surface area contributed by atoms with E-state index in [0.717, 1.165) is 24.8 Å². The fourth-order valence-corrected chi connectivity index (χ4v) is 2.29. The third kappa shape index (κ3) is 6.64. The zero-order valence-electron chi connectivity index (χ0n) is 13.2. The van der Waals surface area contributed by atoms with Crippen LogP contribution < -0.4 is 0 Å². The van der Waals surface area contributed by atoms with Crippen LogP contribution in [0.2, 0.25) is 0 Å². The Morgan fingerprint density at radius 1 is 1.29 bits per heavy atom. The second-order valence-electron chi connectivity index (χ2n) is 5.04. The molecule has 2 rings (SSSR count). The van der Waals surface area contributed by atoms with Gasteiger partial charge in [0.2, 0.25) is 0 Å². The van der Waals surface area contributed by atoms with E-state index in [1.54, 1.807) is 6.08 Å². The van der Waals surface area contributed by atoms with Crippen molar-refractivity contribution in [1.82, 2.24) is 0 Å². The number of aliphatic carboxylic acids is 1. The molecule has 1 unspecified atom stereocenters. The van der Waals surface area contributed by atoms with Crippen molar-refractivity contribution in [2.24, 2.45) is 0 Å². The number of carboxylic acid groups (broad SMARTS) is 1. The van der Waals surface area contributed by atoms with Gasteiger partial charge in [0.1, 0.15) is 6.10 Å². The van der Waals surface area contributed by atoms with Crippen LogP contribution in [0.3, 0.4) is 0 Å². The molecule has 21 heavy (non-hydrogen) atoms. The minimum Gasteiger partial charge on any atom is -0.478 e. The van der Waals surface area contributed by atoms with E-state index in [1.807, 2.05) is 19.9 Å². The van der Waals surface area contributed by atoms with Crippen LogP contribution in [0, 0.1) is 11.8 Å². The Labute approximate surface area is 128 Å². The summed E-state index contributed by atoms with van der Waals surface area (Å²) in [6.45, 7) is 4.57.